The summed E-state index contributed by atoms with van der Waals surface area (Å²) in [6.45, 7) is 5.75. The molecule has 0 aliphatic carbocycles. The largest absolute Gasteiger partial charge is 0.370 e. The van der Waals surface area contributed by atoms with Crippen LogP contribution in [0.5, 0.6) is 0 Å². The second kappa shape index (κ2) is 4.43. The van der Waals surface area contributed by atoms with Gasteiger partial charge in [0.1, 0.15) is 0 Å². The zero-order valence-corrected chi connectivity index (χ0v) is 5.44. The molecule has 1 rings (SSSR count). The van der Waals surface area contributed by atoms with Crippen LogP contribution in [0.3, 0.4) is 0 Å². The van der Waals surface area contributed by atoms with E-state index in [0.29, 0.717) is 5.96 Å². The number of nitrogens with zero attached hydrogens (tertiary/aromatic N) is 1. The Balaban J connectivity index is -0.000000114. The summed E-state index contributed by atoms with van der Waals surface area (Å²) in [5, 5.41) is 2.85. The van der Waals surface area contributed by atoms with Crippen molar-refractivity contribution in [2.45, 2.75) is 13.8 Å². The van der Waals surface area contributed by atoms with Crippen molar-refractivity contribution < 1.29 is 2.85 Å². The number of nitrogens with one attached hydrogen (secondary N) is 1. The molecule has 0 fully saturated rings. The van der Waals surface area contributed by atoms with E-state index in [0.717, 1.165) is 13.1 Å². The molecule has 0 saturated heterocycles. The van der Waals surface area contributed by atoms with Crippen LogP contribution >= 0.6 is 0 Å². The minimum atomic E-state index is 0. The van der Waals surface area contributed by atoms with E-state index in [2.05, 4.69) is 10.3 Å². The minimum absolute atomic E-state index is 0. The van der Waals surface area contributed by atoms with E-state index in [4.69, 9.17) is 5.73 Å². The third-order valence-electron chi connectivity index (χ3n) is 0.700. The Morgan fingerprint density at radius 2 is 2.38 bits per heavy atom. The van der Waals surface area contributed by atoms with Crippen LogP contribution in [0.2, 0.25) is 0 Å². The van der Waals surface area contributed by atoms with Crippen molar-refractivity contribution in [3.8, 4) is 0 Å². The van der Waals surface area contributed by atoms with Crippen molar-refractivity contribution in [1.29, 1.82) is 0 Å². The van der Waals surface area contributed by atoms with Crippen LogP contribution in [-0.2, 0) is 0 Å². The molecule has 0 aromatic heterocycles. The topological polar surface area (TPSA) is 50.4 Å². The van der Waals surface area contributed by atoms with Gasteiger partial charge in [0.05, 0.1) is 6.54 Å². The average Bonchev–Trinajstić information content (AvgIpc) is 2.24. The summed E-state index contributed by atoms with van der Waals surface area (Å²) in [5.74, 6) is 0.579. The molecule has 0 unspecified atom stereocenters. The van der Waals surface area contributed by atoms with Crippen LogP contribution in [0, 0.1) is 0 Å². The molecular weight excluding hydrogens is 102 g/mol. The first-order valence-corrected chi connectivity index (χ1v) is 2.93. The molecule has 3 N–H and O–H groups in total. The summed E-state index contributed by atoms with van der Waals surface area (Å²) in [6, 6.07) is 0. The van der Waals surface area contributed by atoms with E-state index in [-0.39, 0.29) is 2.85 Å². The highest BCUT2D eigenvalue weighted by atomic mass is 15.1. The van der Waals surface area contributed by atoms with E-state index in [1.807, 2.05) is 13.8 Å². The third kappa shape index (κ3) is 2.44. The molecule has 3 heteroatoms. The van der Waals surface area contributed by atoms with E-state index < -0.39 is 0 Å². The van der Waals surface area contributed by atoms with Gasteiger partial charge in [0, 0.05) is 9.40 Å². The molecule has 0 saturated carbocycles. The Hall–Kier alpha value is -0.730. The molecule has 0 amide bonds. The Morgan fingerprint density at radius 1 is 1.75 bits per heavy atom. The molecule has 52 valence electrons. The molecule has 0 atom stereocenters. The van der Waals surface area contributed by atoms with Gasteiger partial charge < -0.3 is 11.1 Å². The predicted molar refractivity (Wildman–Crippen MR) is 40.1 cm³/mol. The summed E-state index contributed by atoms with van der Waals surface area (Å²) < 4.78 is 0. The Kier molecular flexibility index (Phi) is 4.03. The van der Waals surface area contributed by atoms with E-state index in [9.17, 15) is 0 Å². The van der Waals surface area contributed by atoms with Gasteiger partial charge in [-0.05, 0) is 0 Å². The van der Waals surface area contributed by atoms with Crippen molar-refractivity contribution in [2.75, 3.05) is 13.1 Å². The number of guanidine groups is 1. The summed E-state index contributed by atoms with van der Waals surface area (Å²) >= 11 is 0. The number of rotatable bonds is 0. The highest BCUT2D eigenvalue weighted by Crippen LogP contribution is 1.74. The maximum Gasteiger partial charge on any atom is 0.188 e. The number of aliphatic imine (C=N–C) groups is 1. The van der Waals surface area contributed by atoms with E-state index >= 15 is 0 Å². The standard InChI is InChI=1S/C3H7N3.C2H6.2H2/c4-3-5-1-2-6-3;1-2;;/h1-2H2,(H3,4,5,6);1-2H3;2*1H. The van der Waals surface area contributed by atoms with Gasteiger partial charge in [0.2, 0.25) is 0 Å². The molecule has 0 bridgehead atoms. The smallest absolute Gasteiger partial charge is 0.188 e. The SMILES string of the molecule is CC.NC1=NCCN1.[HH].[HH]. The van der Waals surface area contributed by atoms with Crippen LogP contribution in [-0.4, -0.2) is 19.0 Å². The molecule has 0 radical (unpaired) electrons. The second-order valence-corrected chi connectivity index (χ2v) is 1.19. The zero-order valence-electron chi connectivity index (χ0n) is 5.44. The lowest BCUT2D eigenvalue weighted by atomic mass is 10.7. The van der Waals surface area contributed by atoms with Crippen molar-refractivity contribution >= 4 is 5.96 Å². The third-order valence-corrected chi connectivity index (χ3v) is 0.700. The minimum Gasteiger partial charge on any atom is -0.370 e. The van der Waals surface area contributed by atoms with Crippen molar-refractivity contribution in [1.82, 2.24) is 5.32 Å². The van der Waals surface area contributed by atoms with Gasteiger partial charge in [-0.25, -0.2) is 0 Å². The predicted octanol–water partition coefficient (Wildman–Crippen LogP) is 0.422. The van der Waals surface area contributed by atoms with Crippen LogP contribution < -0.4 is 11.1 Å². The van der Waals surface area contributed by atoms with Gasteiger partial charge in [-0.1, -0.05) is 13.8 Å². The fourth-order valence-corrected chi connectivity index (χ4v) is 0.416. The summed E-state index contributed by atoms with van der Waals surface area (Å²) in [7, 11) is 0. The normalized spacial score (nSPS) is 15.5. The molecule has 0 aromatic carbocycles. The molecule has 8 heavy (non-hydrogen) atoms. The first-order chi connectivity index (χ1) is 3.89. The van der Waals surface area contributed by atoms with Gasteiger partial charge >= 0.3 is 0 Å². The molecular formula is C5H17N3. The highest BCUT2D eigenvalue weighted by molar-refractivity contribution is 5.79. The molecule has 1 aliphatic rings. The molecule has 3 nitrogen and oxygen atoms in total. The van der Waals surface area contributed by atoms with Gasteiger partial charge in [-0.3, -0.25) is 4.99 Å². The lowest BCUT2D eigenvalue weighted by molar-refractivity contribution is 0.957. The fraction of sp³-hybridized carbons (Fsp3) is 0.800. The summed E-state index contributed by atoms with van der Waals surface area (Å²) in [5.41, 5.74) is 5.17. The van der Waals surface area contributed by atoms with Crippen LogP contribution in [0.1, 0.15) is 16.7 Å². The highest BCUT2D eigenvalue weighted by Gasteiger charge is 1.94. The van der Waals surface area contributed by atoms with E-state index in [1.54, 1.807) is 0 Å². The van der Waals surface area contributed by atoms with Crippen LogP contribution in [0.15, 0.2) is 4.99 Å². The number of nitrogens with two attached hydrogens (primary N) is 1. The first-order valence-electron chi connectivity index (χ1n) is 2.93. The monoisotopic (exact) mass is 119 g/mol. The fourth-order valence-electron chi connectivity index (χ4n) is 0.416. The zero-order chi connectivity index (χ0) is 6.41. The van der Waals surface area contributed by atoms with E-state index in [1.165, 1.54) is 0 Å². The summed E-state index contributed by atoms with van der Waals surface area (Å²) in [4.78, 5) is 3.82. The van der Waals surface area contributed by atoms with Crippen LogP contribution in [0.4, 0.5) is 0 Å². The maximum atomic E-state index is 5.17. The van der Waals surface area contributed by atoms with Gasteiger partial charge in [-0.15, -0.1) is 0 Å². The molecule has 0 aromatic rings. The molecule has 0 spiro atoms. The van der Waals surface area contributed by atoms with Crippen molar-refractivity contribution in [2.24, 2.45) is 10.7 Å². The second-order valence-electron chi connectivity index (χ2n) is 1.19. The van der Waals surface area contributed by atoms with Crippen molar-refractivity contribution in [3.05, 3.63) is 0 Å². The average molecular weight is 119 g/mol. The molecule has 1 aliphatic heterocycles. The number of hydrogen-bond acceptors (Lipinski definition) is 3. The van der Waals surface area contributed by atoms with Gasteiger partial charge in [0.15, 0.2) is 5.96 Å². The maximum absolute atomic E-state index is 5.17. The van der Waals surface area contributed by atoms with Crippen LogP contribution in [0.25, 0.3) is 0 Å². The number of hydrogen-bond donors (Lipinski definition) is 2. The summed E-state index contributed by atoms with van der Waals surface area (Å²) in [6.07, 6.45) is 0. The Labute approximate surface area is 53.0 Å². The lowest BCUT2D eigenvalue weighted by Gasteiger charge is -1.85. The first kappa shape index (κ1) is 7.27. The lowest BCUT2D eigenvalue weighted by Crippen LogP contribution is -2.26. The Bertz CT molecular complexity index is 85.0. The Morgan fingerprint density at radius 3 is 2.50 bits per heavy atom. The van der Waals surface area contributed by atoms with Crippen molar-refractivity contribution in [3.63, 3.8) is 0 Å². The molecule has 1 heterocycles. The quantitative estimate of drug-likeness (QED) is 0.485. The van der Waals surface area contributed by atoms with Gasteiger partial charge in [0.25, 0.3) is 0 Å². The van der Waals surface area contributed by atoms with Gasteiger partial charge in [-0.2, -0.15) is 0 Å².